The van der Waals surface area contributed by atoms with Crippen LogP contribution in [0.1, 0.15) is 5.56 Å². The van der Waals surface area contributed by atoms with Crippen LogP contribution in [-0.2, 0) is 13.6 Å². The van der Waals surface area contributed by atoms with Crippen LogP contribution >= 0.6 is 11.6 Å². The Kier molecular flexibility index (Phi) is 4.90. The fraction of sp³-hybridized carbons (Fsp3) is 0.143. The monoisotopic (exact) mass is 408 g/mol. The fourth-order valence-corrected chi connectivity index (χ4v) is 3.33. The summed E-state index contributed by atoms with van der Waals surface area (Å²) in [6.07, 6.45) is 1.46. The average molecular weight is 409 g/mol. The zero-order valence-electron chi connectivity index (χ0n) is 15.8. The first-order valence-electron chi connectivity index (χ1n) is 8.83. The van der Waals surface area contributed by atoms with Crippen molar-refractivity contribution in [2.45, 2.75) is 6.54 Å². The minimum atomic E-state index is -0.457. The van der Waals surface area contributed by atoms with Crippen LogP contribution < -0.4 is 16.0 Å². The van der Waals surface area contributed by atoms with E-state index in [9.17, 15) is 9.59 Å². The number of nitrogens with zero attached hydrogens (tertiary/aromatic N) is 4. The van der Waals surface area contributed by atoms with Crippen LogP contribution in [0.5, 0.6) is 5.75 Å². The van der Waals surface area contributed by atoms with Crippen LogP contribution in [0.15, 0.2) is 64.3 Å². The lowest BCUT2D eigenvalue weighted by Crippen LogP contribution is -2.39. The Hall–Kier alpha value is -3.45. The molecule has 0 spiro atoms. The molecule has 4 aromatic rings. The number of rotatable bonds is 4. The molecule has 7 nitrogen and oxygen atoms in total. The molecule has 146 valence electrons. The van der Waals surface area contributed by atoms with Crippen molar-refractivity contribution in [3.63, 3.8) is 0 Å². The molecule has 0 saturated heterocycles. The van der Waals surface area contributed by atoms with Crippen LogP contribution in [0.2, 0.25) is 5.02 Å². The van der Waals surface area contributed by atoms with Crippen molar-refractivity contribution in [2.24, 2.45) is 7.05 Å². The smallest absolute Gasteiger partial charge is 0.332 e. The van der Waals surface area contributed by atoms with E-state index in [1.54, 1.807) is 44.5 Å². The van der Waals surface area contributed by atoms with Crippen molar-refractivity contribution in [1.29, 1.82) is 0 Å². The van der Waals surface area contributed by atoms with Gasteiger partial charge < -0.3 is 4.74 Å². The molecular weight excluding hydrogens is 392 g/mol. The maximum Gasteiger partial charge on any atom is 0.332 e. The van der Waals surface area contributed by atoms with Crippen molar-refractivity contribution >= 4 is 22.6 Å². The maximum atomic E-state index is 12.9. The van der Waals surface area contributed by atoms with E-state index in [4.69, 9.17) is 16.3 Å². The van der Waals surface area contributed by atoms with Gasteiger partial charge in [-0.25, -0.2) is 14.8 Å². The summed E-state index contributed by atoms with van der Waals surface area (Å²) < 4.78 is 7.67. The van der Waals surface area contributed by atoms with Gasteiger partial charge in [0.25, 0.3) is 5.56 Å². The van der Waals surface area contributed by atoms with E-state index in [1.165, 1.54) is 10.8 Å². The third kappa shape index (κ3) is 3.52. The molecule has 0 aliphatic heterocycles. The zero-order valence-corrected chi connectivity index (χ0v) is 16.6. The molecule has 0 saturated carbocycles. The molecule has 0 atom stereocenters. The van der Waals surface area contributed by atoms with E-state index < -0.39 is 11.2 Å². The van der Waals surface area contributed by atoms with Crippen LogP contribution in [0.4, 0.5) is 0 Å². The molecule has 2 aromatic heterocycles. The molecule has 0 unspecified atom stereocenters. The van der Waals surface area contributed by atoms with Crippen LogP contribution in [-0.4, -0.2) is 26.2 Å². The Morgan fingerprint density at radius 2 is 1.86 bits per heavy atom. The maximum absolute atomic E-state index is 12.9. The predicted molar refractivity (Wildman–Crippen MR) is 112 cm³/mol. The first-order valence-corrected chi connectivity index (χ1v) is 9.21. The number of methoxy groups -OCH3 is 1. The van der Waals surface area contributed by atoms with E-state index in [0.717, 1.165) is 15.7 Å². The highest BCUT2D eigenvalue weighted by Crippen LogP contribution is 2.20. The fourth-order valence-electron chi connectivity index (χ4n) is 3.12. The van der Waals surface area contributed by atoms with Gasteiger partial charge in [-0.1, -0.05) is 23.7 Å². The summed E-state index contributed by atoms with van der Waals surface area (Å²) in [6.45, 7) is 0.113. The van der Waals surface area contributed by atoms with E-state index in [2.05, 4.69) is 9.97 Å². The van der Waals surface area contributed by atoms with Gasteiger partial charge in [0, 0.05) is 23.8 Å². The van der Waals surface area contributed by atoms with Crippen molar-refractivity contribution in [3.8, 4) is 17.1 Å². The SMILES string of the molecule is COc1ccc(-c2ncc3c(=O)n(Cc4cccc(Cl)c4)c(=O)n(C)c3n2)cc1. The lowest BCUT2D eigenvalue weighted by Gasteiger charge is -2.11. The number of hydrogen-bond acceptors (Lipinski definition) is 5. The summed E-state index contributed by atoms with van der Waals surface area (Å²) in [5.74, 6) is 1.13. The van der Waals surface area contributed by atoms with Crippen LogP contribution in [0, 0.1) is 0 Å². The summed E-state index contributed by atoms with van der Waals surface area (Å²) in [4.78, 5) is 34.6. The van der Waals surface area contributed by atoms with Crippen LogP contribution in [0.25, 0.3) is 22.4 Å². The number of hydrogen-bond donors (Lipinski definition) is 0. The third-order valence-corrected chi connectivity index (χ3v) is 4.89. The first kappa shape index (κ1) is 18.9. The minimum Gasteiger partial charge on any atom is -0.497 e. The van der Waals surface area contributed by atoms with E-state index >= 15 is 0 Å². The summed E-state index contributed by atoms with van der Waals surface area (Å²) >= 11 is 6.01. The van der Waals surface area contributed by atoms with E-state index in [1.807, 2.05) is 18.2 Å². The van der Waals surface area contributed by atoms with Gasteiger partial charge in [0.15, 0.2) is 11.5 Å². The minimum absolute atomic E-state index is 0.113. The number of benzene rings is 2. The van der Waals surface area contributed by atoms with Gasteiger partial charge in [-0.05, 0) is 42.0 Å². The topological polar surface area (TPSA) is 79.0 Å². The number of fused-ring (bicyclic) bond motifs is 1. The Labute approximate surface area is 170 Å². The second-order valence-electron chi connectivity index (χ2n) is 6.52. The van der Waals surface area contributed by atoms with Gasteiger partial charge in [0.05, 0.1) is 13.7 Å². The molecule has 0 N–H and O–H groups in total. The van der Waals surface area contributed by atoms with Gasteiger partial charge in [0.1, 0.15) is 11.1 Å². The quantitative estimate of drug-likeness (QED) is 0.518. The molecule has 8 heteroatoms. The Morgan fingerprint density at radius 3 is 2.55 bits per heavy atom. The molecular formula is C21H17ClN4O3. The number of ether oxygens (including phenoxy) is 1. The van der Waals surface area contributed by atoms with Gasteiger partial charge in [0.2, 0.25) is 0 Å². The Balaban J connectivity index is 1.83. The molecule has 0 radical (unpaired) electrons. The normalized spacial score (nSPS) is 11.0. The lowest BCUT2D eigenvalue weighted by molar-refractivity contribution is 0.415. The Morgan fingerprint density at radius 1 is 1.10 bits per heavy atom. The van der Waals surface area contributed by atoms with Crippen molar-refractivity contribution in [2.75, 3.05) is 7.11 Å². The molecule has 0 bridgehead atoms. The van der Waals surface area contributed by atoms with Crippen LogP contribution in [0.3, 0.4) is 0 Å². The van der Waals surface area contributed by atoms with Gasteiger partial charge >= 0.3 is 5.69 Å². The van der Waals surface area contributed by atoms with Crippen molar-refractivity contribution < 1.29 is 4.74 Å². The van der Waals surface area contributed by atoms with Crippen molar-refractivity contribution in [1.82, 2.24) is 19.1 Å². The van der Waals surface area contributed by atoms with Gasteiger partial charge in [-0.3, -0.25) is 13.9 Å². The van der Waals surface area contributed by atoms with Gasteiger partial charge in [-0.2, -0.15) is 0 Å². The molecule has 2 heterocycles. The highest BCUT2D eigenvalue weighted by Gasteiger charge is 2.14. The first-order chi connectivity index (χ1) is 14.0. The van der Waals surface area contributed by atoms with Crippen molar-refractivity contribution in [3.05, 3.63) is 86.2 Å². The standard InChI is InChI=1S/C21H17ClN4O3/c1-25-19-17(11-23-18(24-19)14-6-8-16(29-2)9-7-14)20(27)26(21(25)28)12-13-4-3-5-15(22)10-13/h3-11H,12H2,1-2H3. The Bertz CT molecular complexity index is 1330. The zero-order chi connectivity index (χ0) is 20.5. The molecule has 4 rings (SSSR count). The molecule has 0 aliphatic carbocycles. The molecule has 2 aromatic carbocycles. The molecule has 0 amide bonds. The van der Waals surface area contributed by atoms with E-state index in [-0.39, 0.29) is 17.6 Å². The number of aromatic nitrogens is 4. The second-order valence-corrected chi connectivity index (χ2v) is 6.96. The summed E-state index contributed by atoms with van der Waals surface area (Å²) in [6, 6.07) is 14.3. The molecule has 0 fully saturated rings. The largest absolute Gasteiger partial charge is 0.497 e. The summed E-state index contributed by atoms with van der Waals surface area (Å²) in [5, 5.41) is 0.812. The predicted octanol–water partition coefficient (Wildman–Crippen LogP) is 2.87. The second kappa shape index (κ2) is 7.52. The highest BCUT2D eigenvalue weighted by atomic mass is 35.5. The molecule has 29 heavy (non-hydrogen) atoms. The average Bonchev–Trinajstić information content (AvgIpc) is 2.75. The number of halogens is 1. The number of aryl methyl sites for hydroxylation is 1. The van der Waals surface area contributed by atoms with E-state index in [0.29, 0.717) is 16.6 Å². The van der Waals surface area contributed by atoms with Gasteiger partial charge in [-0.15, -0.1) is 0 Å². The molecule has 0 aliphatic rings. The highest BCUT2D eigenvalue weighted by molar-refractivity contribution is 6.30. The third-order valence-electron chi connectivity index (χ3n) is 4.66. The summed E-state index contributed by atoms with van der Waals surface area (Å²) in [5.41, 5.74) is 0.893. The lowest BCUT2D eigenvalue weighted by atomic mass is 10.2. The summed E-state index contributed by atoms with van der Waals surface area (Å²) in [7, 11) is 3.18.